The van der Waals surface area contributed by atoms with E-state index in [0.717, 1.165) is 12.1 Å². The summed E-state index contributed by atoms with van der Waals surface area (Å²) in [5, 5.41) is 21.2. The highest BCUT2D eigenvalue weighted by Crippen LogP contribution is 2.30. The van der Waals surface area contributed by atoms with E-state index in [1.165, 1.54) is 6.07 Å². The maximum Gasteiger partial charge on any atom is 0.348 e. The van der Waals surface area contributed by atoms with Crippen LogP contribution in [-0.2, 0) is 0 Å². The summed E-state index contributed by atoms with van der Waals surface area (Å²) >= 11 is 5.39. The lowest BCUT2D eigenvalue weighted by molar-refractivity contribution is -0.422. The van der Waals surface area contributed by atoms with Crippen molar-refractivity contribution >= 4 is 34.5 Å². The van der Waals surface area contributed by atoms with Gasteiger partial charge < -0.3 is 5.73 Å². The van der Waals surface area contributed by atoms with Crippen molar-refractivity contribution in [2.75, 3.05) is 5.88 Å². The minimum absolute atomic E-state index is 0.0369. The molecule has 1 aromatic rings. The Kier molecular flexibility index (Phi) is 3.94. The zero-order chi connectivity index (χ0) is 13.0. The second-order valence-corrected chi connectivity index (χ2v) is 3.19. The zero-order valence-corrected chi connectivity index (χ0v) is 9.13. The summed E-state index contributed by atoms with van der Waals surface area (Å²) in [5.74, 6) is 0.0277. The van der Waals surface area contributed by atoms with Crippen LogP contribution in [0.15, 0.2) is 23.2 Å². The summed E-state index contributed by atoms with van der Waals surface area (Å²) in [7, 11) is 0. The fourth-order valence-electron chi connectivity index (χ4n) is 1.08. The number of halogens is 1. The van der Waals surface area contributed by atoms with Gasteiger partial charge in [-0.3, -0.25) is 20.2 Å². The lowest BCUT2D eigenvalue weighted by Gasteiger charge is -1.98. The first kappa shape index (κ1) is 12.8. The number of benzene rings is 1. The summed E-state index contributed by atoms with van der Waals surface area (Å²) in [5.41, 5.74) is 4.24. The van der Waals surface area contributed by atoms with Crippen molar-refractivity contribution in [3.05, 3.63) is 38.4 Å². The van der Waals surface area contributed by atoms with Crippen molar-refractivity contribution < 1.29 is 9.85 Å². The van der Waals surface area contributed by atoms with Crippen LogP contribution in [0.5, 0.6) is 0 Å². The topological polar surface area (TPSA) is 125 Å². The summed E-state index contributed by atoms with van der Waals surface area (Å²) in [4.78, 5) is 23.2. The number of alkyl halides is 1. The van der Waals surface area contributed by atoms with Gasteiger partial charge in [0, 0.05) is 12.1 Å². The number of nitrogens with zero attached hydrogens (tertiary/aromatic N) is 3. The molecule has 9 heteroatoms. The Labute approximate surface area is 100 Å². The van der Waals surface area contributed by atoms with E-state index in [-0.39, 0.29) is 17.4 Å². The van der Waals surface area contributed by atoms with Crippen LogP contribution in [0.25, 0.3) is 0 Å². The van der Waals surface area contributed by atoms with Crippen LogP contribution >= 0.6 is 11.6 Å². The molecule has 0 aliphatic heterocycles. The van der Waals surface area contributed by atoms with Crippen molar-refractivity contribution in [1.82, 2.24) is 0 Å². The molecule has 8 nitrogen and oxygen atoms in total. The fourth-order valence-corrected chi connectivity index (χ4v) is 1.14. The van der Waals surface area contributed by atoms with E-state index < -0.39 is 21.2 Å². The van der Waals surface area contributed by atoms with E-state index in [9.17, 15) is 20.2 Å². The minimum Gasteiger partial charge on any atom is -0.386 e. The molecule has 0 saturated carbocycles. The van der Waals surface area contributed by atoms with Crippen LogP contribution in [0.2, 0.25) is 0 Å². The molecule has 0 bridgehead atoms. The number of nitro benzene ring substituents is 2. The van der Waals surface area contributed by atoms with Crippen LogP contribution in [0, 0.1) is 20.2 Å². The average Bonchev–Trinajstić information content (AvgIpc) is 2.28. The van der Waals surface area contributed by atoms with Gasteiger partial charge in [0.2, 0.25) is 0 Å². The van der Waals surface area contributed by atoms with Gasteiger partial charge in [0.15, 0.2) is 0 Å². The molecule has 0 radical (unpaired) electrons. The van der Waals surface area contributed by atoms with Gasteiger partial charge in [-0.15, -0.1) is 11.6 Å². The van der Waals surface area contributed by atoms with E-state index in [1.54, 1.807) is 0 Å². The molecule has 0 aromatic heterocycles. The zero-order valence-electron chi connectivity index (χ0n) is 8.37. The molecular formula is C8H7ClN4O4. The van der Waals surface area contributed by atoms with Crippen LogP contribution in [0.3, 0.4) is 0 Å². The van der Waals surface area contributed by atoms with Gasteiger partial charge in [-0.1, -0.05) is 0 Å². The van der Waals surface area contributed by atoms with Crippen molar-refractivity contribution in [2.24, 2.45) is 10.7 Å². The first-order valence-electron chi connectivity index (χ1n) is 4.27. The molecule has 0 heterocycles. The molecule has 0 unspecified atom stereocenters. The lowest BCUT2D eigenvalue weighted by Crippen LogP contribution is -2.12. The van der Waals surface area contributed by atoms with Gasteiger partial charge >= 0.3 is 11.4 Å². The largest absolute Gasteiger partial charge is 0.386 e. The standard InChI is InChI=1S/C8H7ClN4O4/c9-4-8(10)11-5-1-2-6(12(14)15)7(3-5)13(16)17/h1-3H,4H2,(H2,10,11). The lowest BCUT2D eigenvalue weighted by atomic mass is 10.2. The predicted molar refractivity (Wildman–Crippen MR) is 61.8 cm³/mol. The number of amidine groups is 1. The number of hydrogen-bond acceptors (Lipinski definition) is 5. The second-order valence-electron chi connectivity index (χ2n) is 2.92. The Morgan fingerprint density at radius 1 is 1.29 bits per heavy atom. The van der Waals surface area contributed by atoms with E-state index in [4.69, 9.17) is 17.3 Å². The predicted octanol–water partition coefficient (Wildman–Crippen LogP) is 1.73. The van der Waals surface area contributed by atoms with Gasteiger partial charge in [-0.05, 0) is 6.07 Å². The molecule has 1 rings (SSSR count). The first-order chi connectivity index (χ1) is 7.95. The second kappa shape index (κ2) is 5.21. The highest BCUT2D eigenvalue weighted by atomic mass is 35.5. The van der Waals surface area contributed by atoms with Gasteiger partial charge in [-0.25, -0.2) is 4.99 Å². The number of nitro groups is 2. The Morgan fingerprint density at radius 3 is 2.35 bits per heavy atom. The molecule has 0 aliphatic carbocycles. The third kappa shape index (κ3) is 3.11. The monoisotopic (exact) mass is 258 g/mol. The van der Waals surface area contributed by atoms with E-state index in [1.807, 2.05) is 0 Å². The van der Waals surface area contributed by atoms with Crippen molar-refractivity contribution in [1.29, 1.82) is 0 Å². The van der Waals surface area contributed by atoms with E-state index in [0.29, 0.717) is 0 Å². The molecule has 0 saturated heterocycles. The molecule has 0 amide bonds. The SMILES string of the molecule is NC(CCl)=Nc1ccc([N+](=O)[O-])c([N+](=O)[O-])c1. The number of hydrogen-bond donors (Lipinski definition) is 1. The van der Waals surface area contributed by atoms with Crippen LogP contribution in [-0.4, -0.2) is 21.6 Å². The summed E-state index contributed by atoms with van der Waals surface area (Å²) in [6.07, 6.45) is 0. The van der Waals surface area contributed by atoms with Crippen LogP contribution in [0.4, 0.5) is 17.1 Å². The minimum atomic E-state index is -0.853. The number of aliphatic imine (C=N–C) groups is 1. The smallest absolute Gasteiger partial charge is 0.348 e. The van der Waals surface area contributed by atoms with Crippen molar-refractivity contribution in [2.45, 2.75) is 0 Å². The summed E-state index contributed by atoms with van der Waals surface area (Å²) in [6.45, 7) is 0. The molecule has 1 aromatic carbocycles. The van der Waals surface area contributed by atoms with Gasteiger partial charge in [0.1, 0.15) is 5.84 Å². The molecule has 0 fully saturated rings. The molecule has 0 spiro atoms. The van der Waals surface area contributed by atoms with E-state index >= 15 is 0 Å². The molecule has 90 valence electrons. The van der Waals surface area contributed by atoms with Gasteiger partial charge in [0.05, 0.1) is 21.4 Å². The maximum absolute atomic E-state index is 10.6. The molecule has 2 N–H and O–H groups in total. The summed E-state index contributed by atoms with van der Waals surface area (Å²) in [6, 6.07) is 3.22. The molecule has 17 heavy (non-hydrogen) atoms. The number of nitrogens with two attached hydrogens (primary N) is 1. The summed E-state index contributed by atoms with van der Waals surface area (Å²) < 4.78 is 0. The Hall–Kier alpha value is -2.22. The average molecular weight is 259 g/mol. The normalized spacial score (nSPS) is 11.2. The molecule has 0 atom stereocenters. The first-order valence-corrected chi connectivity index (χ1v) is 4.81. The Bertz CT molecular complexity index is 502. The van der Waals surface area contributed by atoms with Gasteiger partial charge in [-0.2, -0.15) is 0 Å². The van der Waals surface area contributed by atoms with E-state index in [2.05, 4.69) is 4.99 Å². The third-order valence-electron chi connectivity index (χ3n) is 1.76. The highest BCUT2D eigenvalue weighted by molar-refractivity contribution is 6.28. The fraction of sp³-hybridized carbons (Fsp3) is 0.125. The Balaban J connectivity index is 3.28. The molecule has 0 aliphatic rings. The molecular weight excluding hydrogens is 252 g/mol. The highest BCUT2D eigenvalue weighted by Gasteiger charge is 2.23. The van der Waals surface area contributed by atoms with Crippen molar-refractivity contribution in [3.63, 3.8) is 0 Å². The maximum atomic E-state index is 10.6. The van der Waals surface area contributed by atoms with Crippen LogP contribution in [0.1, 0.15) is 0 Å². The van der Waals surface area contributed by atoms with Gasteiger partial charge in [0.25, 0.3) is 0 Å². The third-order valence-corrected chi connectivity index (χ3v) is 2.04. The van der Waals surface area contributed by atoms with Crippen LogP contribution < -0.4 is 5.73 Å². The quantitative estimate of drug-likeness (QED) is 0.289. The number of rotatable bonds is 4. The van der Waals surface area contributed by atoms with Crippen molar-refractivity contribution in [3.8, 4) is 0 Å². The Morgan fingerprint density at radius 2 is 1.88 bits per heavy atom.